The Labute approximate surface area is 102 Å². The van der Waals surface area contributed by atoms with Crippen LogP contribution in [0.15, 0.2) is 6.20 Å². The van der Waals surface area contributed by atoms with Crippen LogP contribution in [0, 0.1) is 19.3 Å². The van der Waals surface area contributed by atoms with Crippen molar-refractivity contribution in [3.05, 3.63) is 23.0 Å². The summed E-state index contributed by atoms with van der Waals surface area (Å²) in [7, 11) is 1.61. The predicted octanol–water partition coefficient (Wildman–Crippen LogP) is 2.36. The molecule has 0 aliphatic carbocycles. The van der Waals surface area contributed by atoms with Crippen LogP contribution in [0.2, 0.25) is 0 Å². The molecule has 0 fully saturated rings. The average molecular weight is 237 g/mol. The molecule has 1 aromatic rings. The van der Waals surface area contributed by atoms with Crippen LogP contribution in [-0.2, 0) is 11.2 Å². The molecule has 0 bridgehead atoms. The van der Waals surface area contributed by atoms with Crippen molar-refractivity contribution in [1.82, 2.24) is 4.98 Å². The fraction of sp³-hybridized carbons (Fsp3) is 0.538. The highest BCUT2D eigenvalue weighted by Gasteiger charge is 2.29. The van der Waals surface area contributed by atoms with E-state index in [9.17, 15) is 4.79 Å². The molecule has 0 radical (unpaired) electrons. The topological polar surface area (TPSA) is 59.4 Å². The number of ether oxygens (including phenoxy) is 1. The molecule has 94 valence electrons. The van der Waals surface area contributed by atoms with Crippen molar-refractivity contribution in [1.29, 1.82) is 0 Å². The van der Waals surface area contributed by atoms with Crippen molar-refractivity contribution in [2.75, 3.05) is 7.11 Å². The molecule has 0 aliphatic heterocycles. The summed E-state index contributed by atoms with van der Waals surface area (Å²) in [5, 5.41) is 9.12. The third-order valence-corrected chi connectivity index (χ3v) is 2.94. The minimum absolute atomic E-state index is 0.394. The first-order valence-corrected chi connectivity index (χ1v) is 5.52. The van der Waals surface area contributed by atoms with Crippen molar-refractivity contribution >= 4 is 5.97 Å². The summed E-state index contributed by atoms with van der Waals surface area (Å²) in [6.07, 6.45) is 2.11. The molecule has 1 N–H and O–H groups in total. The fourth-order valence-electron chi connectivity index (χ4n) is 1.74. The van der Waals surface area contributed by atoms with Crippen LogP contribution < -0.4 is 4.74 Å². The lowest BCUT2D eigenvalue weighted by Crippen LogP contribution is -2.27. The van der Waals surface area contributed by atoms with Gasteiger partial charge in [0.15, 0.2) is 0 Å². The number of methoxy groups -OCH3 is 1. The van der Waals surface area contributed by atoms with Gasteiger partial charge in [0.05, 0.1) is 12.5 Å². The van der Waals surface area contributed by atoms with Gasteiger partial charge < -0.3 is 9.84 Å². The third-order valence-electron chi connectivity index (χ3n) is 2.94. The normalized spacial score (nSPS) is 11.4. The molecule has 0 spiro atoms. The monoisotopic (exact) mass is 237 g/mol. The highest BCUT2D eigenvalue weighted by atomic mass is 16.5. The molecule has 0 amide bonds. The molecule has 0 aromatic carbocycles. The maximum Gasteiger partial charge on any atom is 0.309 e. The van der Waals surface area contributed by atoms with Crippen LogP contribution >= 0.6 is 0 Å². The molecule has 0 saturated heterocycles. The molecule has 1 heterocycles. The summed E-state index contributed by atoms with van der Waals surface area (Å²) >= 11 is 0. The molecule has 17 heavy (non-hydrogen) atoms. The largest absolute Gasteiger partial charge is 0.496 e. The second kappa shape index (κ2) is 4.73. The third kappa shape index (κ3) is 2.75. The highest BCUT2D eigenvalue weighted by Crippen LogP contribution is 2.29. The van der Waals surface area contributed by atoms with Crippen LogP contribution in [0.5, 0.6) is 5.75 Å². The van der Waals surface area contributed by atoms with Crippen molar-refractivity contribution in [3.63, 3.8) is 0 Å². The zero-order valence-corrected chi connectivity index (χ0v) is 11.0. The van der Waals surface area contributed by atoms with Crippen LogP contribution in [0.4, 0.5) is 0 Å². The summed E-state index contributed by atoms with van der Waals surface area (Å²) in [5.41, 5.74) is 1.83. The first-order valence-electron chi connectivity index (χ1n) is 5.52. The number of aliphatic carboxylic acids is 1. The predicted molar refractivity (Wildman–Crippen MR) is 65.4 cm³/mol. The van der Waals surface area contributed by atoms with Gasteiger partial charge in [-0.3, -0.25) is 9.78 Å². The van der Waals surface area contributed by atoms with Gasteiger partial charge in [0.25, 0.3) is 0 Å². The van der Waals surface area contributed by atoms with Gasteiger partial charge in [-0.05, 0) is 27.7 Å². The van der Waals surface area contributed by atoms with Crippen LogP contribution in [0.1, 0.15) is 30.7 Å². The van der Waals surface area contributed by atoms with E-state index < -0.39 is 11.4 Å². The molecule has 1 aromatic heterocycles. The zero-order chi connectivity index (χ0) is 13.2. The number of nitrogens with zero attached hydrogens (tertiary/aromatic N) is 1. The Bertz CT molecular complexity index is 439. The number of aryl methyl sites for hydroxylation is 1. The number of rotatable bonds is 4. The van der Waals surface area contributed by atoms with E-state index in [2.05, 4.69) is 4.98 Å². The Balaban J connectivity index is 3.13. The highest BCUT2D eigenvalue weighted by molar-refractivity contribution is 5.74. The molecule has 4 heteroatoms. The number of carboxylic acid groups (broad SMARTS) is 1. The maximum absolute atomic E-state index is 11.1. The first-order chi connectivity index (χ1) is 7.79. The molecule has 0 atom stereocenters. The minimum Gasteiger partial charge on any atom is -0.496 e. The van der Waals surface area contributed by atoms with Gasteiger partial charge in [-0.25, -0.2) is 0 Å². The van der Waals surface area contributed by atoms with E-state index in [1.54, 1.807) is 27.2 Å². The summed E-state index contributed by atoms with van der Waals surface area (Å²) in [6, 6.07) is 0. The van der Waals surface area contributed by atoms with Crippen molar-refractivity contribution in [2.24, 2.45) is 5.41 Å². The van der Waals surface area contributed by atoms with Crippen LogP contribution in [0.25, 0.3) is 0 Å². The number of hydrogen-bond donors (Lipinski definition) is 1. The Morgan fingerprint density at radius 1 is 1.47 bits per heavy atom. The van der Waals surface area contributed by atoms with E-state index in [1.807, 2.05) is 13.8 Å². The lowest BCUT2D eigenvalue weighted by atomic mass is 9.86. The van der Waals surface area contributed by atoms with Gasteiger partial charge in [0.2, 0.25) is 0 Å². The summed E-state index contributed by atoms with van der Waals surface area (Å²) in [5.74, 6) is -0.0329. The van der Waals surface area contributed by atoms with E-state index >= 15 is 0 Å². The molecular weight excluding hydrogens is 218 g/mol. The Morgan fingerprint density at radius 2 is 2.06 bits per heavy atom. The number of pyridine rings is 1. The van der Waals surface area contributed by atoms with Crippen molar-refractivity contribution < 1.29 is 14.6 Å². The molecular formula is C13H19NO3. The number of aromatic nitrogens is 1. The lowest BCUT2D eigenvalue weighted by molar-refractivity contribution is -0.146. The van der Waals surface area contributed by atoms with Crippen molar-refractivity contribution in [2.45, 2.75) is 34.1 Å². The second-order valence-corrected chi connectivity index (χ2v) is 4.91. The standard InChI is InChI=1S/C13H19NO3/c1-8-7-14-10(9(2)11(8)17-5)6-13(3,4)12(15)16/h7H,6H2,1-5H3,(H,15,16). The molecule has 0 saturated carbocycles. The van der Waals surface area contributed by atoms with Gasteiger partial charge in [0.1, 0.15) is 5.75 Å². The summed E-state index contributed by atoms with van der Waals surface area (Å²) < 4.78 is 5.30. The van der Waals surface area contributed by atoms with Gasteiger partial charge in [-0.15, -0.1) is 0 Å². The average Bonchev–Trinajstić information content (AvgIpc) is 2.23. The Kier molecular flexibility index (Phi) is 3.76. The zero-order valence-electron chi connectivity index (χ0n) is 11.0. The second-order valence-electron chi connectivity index (χ2n) is 4.91. The smallest absolute Gasteiger partial charge is 0.309 e. The first kappa shape index (κ1) is 13.5. The fourth-order valence-corrected chi connectivity index (χ4v) is 1.74. The van der Waals surface area contributed by atoms with E-state index in [1.165, 1.54) is 0 Å². The molecule has 1 rings (SSSR count). The Hall–Kier alpha value is -1.58. The molecule has 0 aliphatic rings. The number of carboxylic acids is 1. The van der Waals surface area contributed by atoms with E-state index in [-0.39, 0.29) is 0 Å². The minimum atomic E-state index is -0.821. The lowest BCUT2D eigenvalue weighted by Gasteiger charge is -2.20. The quantitative estimate of drug-likeness (QED) is 0.873. The van der Waals surface area contributed by atoms with E-state index in [0.717, 1.165) is 22.6 Å². The van der Waals surface area contributed by atoms with Gasteiger partial charge in [-0.2, -0.15) is 0 Å². The van der Waals surface area contributed by atoms with Crippen LogP contribution in [-0.4, -0.2) is 23.2 Å². The summed E-state index contributed by atoms with van der Waals surface area (Å²) in [4.78, 5) is 15.4. The van der Waals surface area contributed by atoms with Crippen LogP contribution in [0.3, 0.4) is 0 Å². The SMILES string of the molecule is COc1c(C)cnc(CC(C)(C)C(=O)O)c1C. The van der Waals surface area contributed by atoms with Crippen molar-refractivity contribution in [3.8, 4) is 5.75 Å². The van der Waals surface area contributed by atoms with Gasteiger partial charge in [-0.1, -0.05) is 0 Å². The van der Waals surface area contributed by atoms with Gasteiger partial charge >= 0.3 is 5.97 Å². The molecule has 4 nitrogen and oxygen atoms in total. The van der Waals surface area contributed by atoms with Gasteiger partial charge in [0, 0.05) is 29.4 Å². The van der Waals surface area contributed by atoms with E-state index in [0.29, 0.717) is 6.42 Å². The Morgan fingerprint density at radius 3 is 2.53 bits per heavy atom. The number of hydrogen-bond acceptors (Lipinski definition) is 3. The number of carbonyl (C=O) groups is 1. The maximum atomic E-state index is 11.1. The molecule has 0 unspecified atom stereocenters. The summed E-state index contributed by atoms with van der Waals surface area (Å²) in [6.45, 7) is 7.22. The van der Waals surface area contributed by atoms with E-state index in [4.69, 9.17) is 9.84 Å².